The lowest BCUT2D eigenvalue weighted by Crippen LogP contribution is -2.11. The van der Waals surface area contributed by atoms with Gasteiger partial charge < -0.3 is 14.3 Å². The molecule has 2 aromatic heterocycles. The van der Waals surface area contributed by atoms with Crippen molar-refractivity contribution in [3.8, 4) is 23.0 Å². The molecule has 0 aliphatic rings. The van der Waals surface area contributed by atoms with E-state index < -0.39 is 11.6 Å². The predicted molar refractivity (Wildman–Crippen MR) is 127 cm³/mol. The average Bonchev–Trinajstić information content (AvgIpc) is 3.44. The van der Waals surface area contributed by atoms with Crippen LogP contribution in [0.2, 0.25) is 0 Å². The molecular weight excluding hydrogens is 460 g/mol. The predicted octanol–water partition coefficient (Wildman–Crippen LogP) is 6.07. The van der Waals surface area contributed by atoms with E-state index in [4.69, 9.17) is 9.15 Å². The molecule has 0 saturated heterocycles. The van der Waals surface area contributed by atoms with E-state index in [9.17, 15) is 13.9 Å². The van der Waals surface area contributed by atoms with Crippen molar-refractivity contribution in [1.29, 1.82) is 0 Å². The molecule has 0 aliphatic carbocycles. The first kappa shape index (κ1) is 21.6. The molecule has 3 aromatic carbocycles. The summed E-state index contributed by atoms with van der Waals surface area (Å²) in [7, 11) is 1.52. The molecule has 0 spiro atoms. The third kappa shape index (κ3) is 4.20. The molecule has 170 valence electrons. The zero-order valence-electron chi connectivity index (χ0n) is 17.8. The Labute approximate surface area is 196 Å². The maximum absolute atomic E-state index is 14.3. The van der Waals surface area contributed by atoms with Gasteiger partial charge in [0.25, 0.3) is 0 Å². The summed E-state index contributed by atoms with van der Waals surface area (Å²) in [5, 5.41) is 17.4. The SMILES string of the molecule is COc1ccc(O)c(C=Nn2c(-c3cc4ccccc4o3)csc2=Nc2ccc(F)cc2F)c1. The minimum atomic E-state index is -0.792. The van der Waals surface area contributed by atoms with Crippen molar-refractivity contribution in [3.63, 3.8) is 0 Å². The minimum Gasteiger partial charge on any atom is -0.507 e. The summed E-state index contributed by atoms with van der Waals surface area (Å²) in [5.74, 6) is -0.394. The van der Waals surface area contributed by atoms with Crippen LogP contribution in [0, 0.1) is 11.6 Å². The highest BCUT2D eigenvalue weighted by Crippen LogP contribution is 2.29. The van der Waals surface area contributed by atoms with Crippen molar-refractivity contribution < 1.29 is 23.0 Å². The fraction of sp³-hybridized carbons (Fsp3) is 0.0400. The van der Waals surface area contributed by atoms with E-state index in [-0.39, 0.29) is 11.4 Å². The summed E-state index contributed by atoms with van der Waals surface area (Å²) >= 11 is 1.21. The second kappa shape index (κ2) is 8.95. The maximum Gasteiger partial charge on any atom is 0.211 e. The number of aromatic hydroxyl groups is 1. The zero-order chi connectivity index (χ0) is 23.7. The molecule has 5 aromatic rings. The normalized spacial score (nSPS) is 12.1. The van der Waals surface area contributed by atoms with Gasteiger partial charge in [0.2, 0.25) is 4.80 Å². The number of phenols is 1. The summed E-state index contributed by atoms with van der Waals surface area (Å²) in [6.45, 7) is 0. The number of fused-ring (bicyclic) bond motifs is 1. The van der Waals surface area contributed by atoms with E-state index in [2.05, 4.69) is 10.1 Å². The molecule has 9 heteroatoms. The topological polar surface area (TPSA) is 72.2 Å². The van der Waals surface area contributed by atoms with Gasteiger partial charge in [-0.3, -0.25) is 0 Å². The van der Waals surface area contributed by atoms with Gasteiger partial charge in [-0.05, 0) is 42.5 Å². The van der Waals surface area contributed by atoms with Crippen molar-refractivity contribution in [2.24, 2.45) is 10.1 Å². The van der Waals surface area contributed by atoms with Crippen LogP contribution in [0.5, 0.6) is 11.5 Å². The number of methoxy groups -OCH3 is 1. The number of furan rings is 1. The van der Waals surface area contributed by atoms with Gasteiger partial charge in [-0.1, -0.05) is 18.2 Å². The third-order valence-corrected chi connectivity index (χ3v) is 5.85. The highest BCUT2D eigenvalue weighted by Gasteiger charge is 2.14. The third-order valence-electron chi connectivity index (χ3n) is 5.04. The van der Waals surface area contributed by atoms with Gasteiger partial charge in [-0.2, -0.15) is 5.10 Å². The van der Waals surface area contributed by atoms with Crippen LogP contribution < -0.4 is 9.54 Å². The van der Waals surface area contributed by atoms with E-state index in [0.29, 0.717) is 33.2 Å². The molecule has 1 N–H and O–H groups in total. The minimum absolute atomic E-state index is 0.00809. The van der Waals surface area contributed by atoms with Crippen molar-refractivity contribution in [2.45, 2.75) is 0 Å². The molecular formula is C25H17F2N3O3S. The lowest BCUT2D eigenvalue weighted by Gasteiger charge is -2.04. The number of nitrogens with zero attached hydrogens (tertiary/aromatic N) is 3. The lowest BCUT2D eigenvalue weighted by molar-refractivity contribution is 0.412. The highest BCUT2D eigenvalue weighted by atomic mass is 32.1. The van der Waals surface area contributed by atoms with Gasteiger partial charge in [0, 0.05) is 22.4 Å². The quantitative estimate of drug-likeness (QED) is 0.312. The molecule has 5 rings (SSSR count). The number of phenolic OH excluding ortho intramolecular Hbond substituents is 1. The summed E-state index contributed by atoms with van der Waals surface area (Å²) in [6, 6.07) is 17.4. The smallest absolute Gasteiger partial charge is 0.211 e. The van der Waals surface area contributed by atoms with E-state index in [1.165, 1.54) is 41.5 Å². The number of hydrogen-bond acceptors (Lipinski definition) is 6. The van der Waals surface area contributed by atoms with Gasteiger partial charge in [0.1, 0.15) is 34.3 Å². The fourth-order valence-electron chi connectivity index (χ4n) is 3.33. The molecule has 2 heterocycles. The largest absolute Gasteiger partial charge is 0.507 e. The first-order valence-electron chi connectivity index (χ1n) is 10.1. The van der Waals surface area contributed by atoms with Crippen molar-refractivity contribution >= 4 is 34.2 Å². The second-order valence-corrected chi connectivity index (χ2v) is 8.08. The van der Waals surface area contributed by atoms with Gasteiger partial charge in [0.15, 0.2) is 11.6 Å². The summed E-state index contributed by atoms with van der Waals surface area (Å²) in [4.78, 5) is 4.67. The Morgan fingerprint density at radius 3 is 2.71 bits per heavy atom. The molecule has 34 heavy (non-hydrogen) atoms. The first-order valence-corrected chi connectivity index (χ1v) is 11.0. The van der Waals surface area contributed by atoms with Crippen LogP contribution in [0.15, 0.2) is 86.6 Å². The van der Waals surface area contributed by atoms with Gasteiger partial charge >= 0.3 is 0 Å². The monoisotopic (exact) mass is 477 g/mol. The van der Waals surface area contributed by atoms with Gasteiger partial charge in [0.05, 0.1) is 13.3 Å². The van der Waals surface area contributed by atoms with Crippen molar-refractivity contribution in [3.05, 3.63) is 94.1 Å². The van der Waals surface area contributed by atoms with Crippen LogP contribution >= 0.6 is 11.3 Å². The maximum atomic E-state index is 14.3. The lowest BCUT2D eigenvalue weighted by atomic mass is 10.2. The van der Waals surface area contributed by atoms with Crippen molar-refractivity contribution in [2.75, 3.05) is 7.11 Å². The second-order valence-electron chi connectivity index (χ2n) is 7.24. The molecule has 0 radical (unpaired) electrons. The Morgan fingerprint density at radius 2 is 1.91 bits per heavy atom. The van der Waals surface area contributed by atoms with E-state index in [1.807, 2.05) is 30.3 Å². The average molecular weight is 477 g/mol. The first-order chi connectivity index (χ1) is 16.5. The molecule has 0 bridgehead atoms. The Bertz CT molecular complexity index is 1570. The molecule has 0 fully saturated rings. The summed E-state index contributed by atoms with van der Waals surface area (Å²) < 4.78 is 40.3. The number of halogens is 2. The van der Waals surface area contributed by atoms with Crippen LogP contribution in [-0.2, 0) is 0 Å². The number of ether oxygens (including phenoxy) is 1. The van der Waals surface area contributed by atoms with Crippen LogP contribution in [0.1, 0.15) is 5.56 Å². The fourth-order valence-corrected chi connectivity index (χ4v) is 4.15. The van der Waals surface area contributed by atoms with E-state index >= 15 is 0 Å². The molecule has 0 saturated carbocycles. The van der Waals surface area contributed by atoms with E-state index in [0.717, 1.165) is 17.5 Å². The van der Waals surface area contributed by atoms with Crippen LogP contribution in [-0.4, -0.2) is 23.1 Å². The Morgan fingerprint density at radius 1 is 1.06 bits per heavy atom. The van der Waals surface area contributed by atoms with Crippen LogP contribution in [0.25, 0.3) is 22.4 Å². The number of benzene rings is 3. The highest BCUT2D eigenvalue weighted by molar-refractivity contribution is 7.07. The standard InChI is InChI=1S/C25H17F2N3O3S/c1-32-18-7-9-22(31)16(10-18)13-28-30-21(24-11-15-4-2-3-5-23(15)33-24)14-34-25(30)29-20-8-6-17(26)12-19(20)27/h2-14,31H,1H3. The Kier molecular flexibility index (Phi) is 5.69. The molecule has 0 aliphatic heterocycles. The molecule has 0 unspecified atom stereocenters. The molecule has 0 atom stereocenters. The number of hydrogen-bond donors (Lipinski definition) is 1. The Hall–Kier alpha value is -4.24. The van der Waals surface area contributed by atoms with Crippen LogP contribution in [0.4, 0.5) is 14.5 Å². The number of thiazole rings is 1. The summed E-state index contributed by atoms with van der Waals surface area (Å²) in [6.07, 6.45) is 1.44. The molecule has 6 nitrogen and oxygen atoms in total. The van der Waals surface area contributed by atoms with E-state index in [1.54, 1.807) is 17.5 Å². The van der Waals surface area contributed by atoms with Gasteiger partial charge in [-0.15, -0.1) is 11.3 Å². The van der Waals surface area contributed by atoms with Crippen molar-refractivity contribution in [1.82, 2.24) is 4.68 Å². The van der Waals surface area contributed by atoms with Gasteiger partial charge in [-0.25, -0.2) is 18.4 Å². The number of rotatable bonds is 5. The van der Waals surface area contributed by atoms with Crippen LogP contribution in [0.3, 0.4) is 0 Å². The number of para-hydroxylation sites is 1. The zero-order valence-corrected chi connectivity index (χ0v) is 18.6. The summed E-state index contributed by atoms with van der Waals surface area (Å²) in [5.41, 5.74) is 1.65. The Balaban J connectivity index is 1.68. The number of aromatic nitrogens is 1. The molecule has 0 amide bonds.